The van der Waals surface area contributed by atoms with Crippen molar-refractivity contribution in [2.75, 3.05) is 25.4 Å². The number of ether oxygens (including phenoxy) is 1. The van der Waals surface area contributed by atoms with Gasteiger partial charge < -0.3 is 15.4 Å². The summed E-state index contributed by atoms with van der Waals surface area (Å²) in [6.07, 6.45) is 2.22. The van der Waals surface area contributed by atoms with Gasteiger partial charge in [-0.15, -0.1) is 0 Å². The van der Waals surface area contributed by atoms with Crippen LogP contribution in [0.25, 0.3) is 0 Å². The summed E-state index contributed by atoms with van der Waals surface area (Å²) in [5, 5.41) is 6.39. The third kappa shape index (κ3) is 8.69. The summed E-state index contributed by atoms with van der Waals surface area (Å²) < 4.78 is 30.3. The molecule has 0 amide bonds. The monoisotopic (exact) mass is 429 g/mol. The molecule has 0 aliphatic carbocycles. The van der Waals surface area contributed by atoms with Gasteiger partial charge in [-0.3, -0.25) is 0 Å². The molecule has 2 aromatic rings. The Balaban J connectivity index is 1.86. The highest BCUT2D eigenvalue weighted by Gasteiger charge is 2.11. The largest absolute Gasteiger partial charge is 0.489 e. The summed E-state index contributed by atoms with van der Waals surface area (Å²) in [6, 6.07) is 17.0. The van der Waals surface area contributed by atoms with E-state index in [0.717, 1.165) is 16.9 Å². The molecule has 0 aliphatic heterocycles. The summed E-state index contributed by atoms with van der Waals surface area (Å²) in [6.45, 7) is 7.79. The van der Waals surface area contributed by atoms with Crippen LogP contribution >= 0.6 is 0 Å². The molecule has 0 saturated carbocycles. The number of hydrogen-bond donors (Lipinski definition) is 2. The fraction of sp³-hybridized carbons (Fsp3) is 0.348. The van der Waals surface area contributed by atoms with Gasteiger partial charge in [-0.25, -0.2) is 13.4 Å². The van der Waals surface area contributed by atoms with Crippen LogP contribution in [0, 0.1) is 0 Å². The normalized spacial score (nSPS) is 11.7. The number of nitrogens with one attached hydrogen (secondary N) is 2. The van der Waals surface area contributed by atoms with Crippen molar-refractivity contribution in [2.24, 2.45) is 4.99 Å². The van der Waals surface area contributed by atoms with Crippen molar-refractivity contribution in [3.8, 4) is 5.75 Å². The van der Waals surface area contributed by atoms with Gasteiger partial charge in [-0.1, -0.05) is 61.2 Å². The second-order valence-corrected chi connectivity index (χ2v) is 8.94. The average Bonchev–Trinajstić information content (AvgIpc) is 2.74. The summed E-state index contributed by atoms with van der Waals surface area (Å²) in [5.41, 5.74) is 1.79. The summed E-state index contributed by atoms with van der Waals surface area (Å²) in [5.74, 6) is 1.64. The first-order valence-electron chi connectivity index (χ1n) is 10.1. The first-order valence-corrected chi connectivity index (χ1v) is 11.9. The first kappa shape index (κ1) is 23.5. The van der Waals surface area contributed by atoms with Crippen molar-refractivity contribution in [2.45, 2.75) is 25.6 Å². The molecular formula is C23H31N3O3S. The topological polar surface area (TPSA) is 79.8 Å². The highest BCUT2D eigenvalue weighted by Crippen LogP contribution is 2.18. The Morgan fingerprint density at radius 2 is 1.83 bits per heavy atom. The maximum atomic E-state index is 12.3. The minimum Gasteiger partial charge on any atom is -0.489 e. The molecule has 0 unspecified atom stereocenters. The van der Waals surface area contributed by atoms with Crippen molar-refractivity contribution in [1.29, 1.82) is 0 Å². The number of nitrogens with zero attached hydrogens (tertiary/aromatic N) is 1. The van der Waals surface area contributed by atoms with Crippen molar-refractivity contribution >= 4 is 15.8 Å². The van der Waals surface area contributed by atoms with Crippen LogP contribution in [-0.4, -0.2) is 39.8 Å². The van der Waals surface area contributed by atoms with Crippen molar-refractivity contribution in [3.05, 3.63) is 78.4 Å². The summed E-state index contributed by atoms with van der Waals surface area (Å²) >= 11 is 0. The lowest BCUT2D eigenvalue weighted by Gasteiger charge is -2.13. The zero-order valence-electron chi connectivity index (χ0n) is 17.5. The maximum absolute atomic E-state index is 12.3. The molecule has 162 valence electrons. The van der Waals surface area contributed by atoms with Crippen molar-refractivity contribution in [1.82, 2.24) is 10.6 Å². The molecule has 7 heteroatoms. The van der Waals surface area contributed by atoms with Crippen LogP contribution in [-0.2, 0) is 22.1 Å². The molecule has 0 aromatic heterocycles. The van der Waals surface area contributed by atoms with E-state index in [1.54, 1.807) is 6.08 Å². The highest BCUT2D eigenvalue weighted by atomic mass is 32.2. The van der Waals surface area contributed by atoms with Gasteiger partial charge in [-0.05, 0) is 25.0 Å². The van der Waals surface area contributed by atoms with Gasteiger partial charge in [0.1, 0.15) is 12.4 Å². The van der Waals surface area contributed by atoms with Crippen LogP contribution in [0.15, 0.2) is 72.2 Å². The van der Waals surface area contributed by atoms with Gasteiger partial charge in [0.15, 0.2) is 15.8 Å². The van der Waals surface area contributed by atoms with Crippen LogP contribution in [0.4, 0.5) is 0 Å². The van der Waals surface area contributed by atoms with E-state index in [-0.39, 0.29) is 11.5 Å². The van der Waals surface area contributed by atoms with E-state index in [9.17, 15) is 8.42 Å². The molecule has 0 aliphatic rings. The smallest absolute Gasteiger partial charge is 0.191 e. The van der Waals surface area contributed by atoms with Gasteiger partial charge in [0.25, 0.3) is 0 Å². The lowest BCUT2D eigenvalue weighted by molar-refractivity contribution is 0.359. The van der Waals surface area contributed by atoms with Crippen molar-refractivity contribution < 1.29 is 13.2 Å². The SMILES string of the molecule is C=CCOc1ccccc1CN=C(NCC)NCCCS(=O)(=O)Cc1ccccc1. The Kier molecular flexibility index (Phi) is 9.94. The van der Waals surface area contributed by atoms with E-state index in [0.29, 0.717) is 38.6 Å². The van der Waals surface area contributed by atoms with E-state index in [1.165, 1.54) is 0 Å². The standard InChI is InChI=1S/C23H31N3O3S/c1-3-16-29-22-14-9-8-13-21(22)18-26-23(24-4-2)25-15-10-17-30(27,28)19-20-11-6-5-7-12-20/h3,5-9,11-14H,1,4,10,15-19H2,2H3,(H2,24,25,26). The molecule has 30 heavy (non-hydrogen) atoms. The summed E-state index contributed by atoms with van der Waals surface area (Å²) in [7, 11) is -3.14. The number of rotatable bonds is 12. The Morgan fingerprint density at radius 1 is 1.10 bits per heavy atom. The fourth-order valence-corrected chi connectivity index (χ4v) is 4.26. The van der Waals surface area contributed by atoms with Crippen LogP contribution in [0.5, 0.6) is 5.75 Å². The first-order chi connectivity index (χ1) is 14.5. The van der Waals surface area contributed by atoms with E-state index >= 15 is 0 Å². The molecule has 0 atom stereocenters. The second kappa shape index (κ2) is 12.7. The Hall–Kier alpha value is -2.80. The molecule has 2 aromatic carbocycles. The third-order valence-electron chi connectivity index (χ3n) is 4.24. The third-order valence-corrected chi connectivity index (χ3v) is 5.92. The Bertz CT molecular complexity index is 912. The Morgan fingerprint density at radius 3 is 2.57 bits per heavy atom. The molecule has 6 nitrogen and oxygen atoms in total. The van der Waals surface area contributed by atoms with E-state index in [4.69, 9.17) is 4.74 Å². The molecule has 2 N–H and O–H groups in total. The molecular weight excluding hydrogens is 398 g/mol. The highest BCUT2D eigenvalue weighted by molar-refractivity contribution is 7.90. The van der Waals surface area contributed by atoms with Crippen LogP contribution in [0.1, 0.15) is 24.5 Å². The average molecular weight is 430 g/mol. The zero-order chi connectivity index (χ0) is 21.7. The second-order valence-electron chi connectivity index (χ2n) is 6.76. The number of guanidine groups is 1. The number of aliphatic imine (C=N–C) groups is 1. The predicted molar refractivity (Wildman–Crippen MR) is 124 cm³/mol. The van der Waals surface area contributed by atoms with Crippen molar-refractivity contribution in [3.63, 3.8) is 0 Å². The number of hydrogen-bond acceptors (Lipinski definition) is 4. The zero-order valence-corrected chi connectivity index (χ0v) is 18.3. The molecule has 0 spiro atoms. The lowest BCUT2D eigenvalue weighted by Crippen LogP contribution is -2.38. The Labute approximate surface area is 180 Å². The summed E-state index contributed by atoms with van der Waals surface area (Å²) in [4.78, 5) is 4.59. The molecule has 0 heterocycles. The van der Waals surface area contributed by atoms with Crippen LogP contribution in [0.2, 0.25) is 0 Å². The van der Waals surface area contributed by atoms with E-state index in [1.807, 2.05) is 61.5 Å². The number of sulfone groups is 1. The van der Waals surface area contributed by atoms with Crippen LogP contribution < -0.4 is 15.4 Å². The van der Waals surface area contributed by atoms with E-state index < -0.39 is 9.84 Å². The van der Waals surface area contributed by atoms with Gasteiger partial charge in [0, 0.05) is 18.7 Å². The molecule has 0 fully saturated rings. The minimum atomic E-state index is -3.14. The van der Waals surface area contributed by atoms with Gasteiger partial charge in [-0.2, -0.15) is 0 Å². The van der Waals surface area contributed by atoms with E-state index in [2.05, 4.69) is 22.2 Å². The number of benzene rings is 2. The molecule has 0 radical (unpaired) electrons. The minimum absolute atomic E-state index is 0.0729. The number of para-hydroxylation sites is 1. The van der Waals surface area contributed by atoms with Gasteiger partial charge in [0.05, 0.1) is 18.1 Å². The van der Waals surface area contributed by atoms with Gasteiger partial charge >= 0.3 is 0 Å². The van der Waals surface area contributed by atoms with Crippen LogP contribution in [0.3, 0.4) is 0 Å². The molecule has 0 saturated heterocycles. The predicted octanol–water partition coefficient (Wildman–Crippen LogP) is 3.31. The quantitative estimate of drug-likeness (QED) is 0.234. The lowest BCUT2D eigenvalue weighted by atomic mass is 10.2. The molecule has 0 bridgehead atoms. The fourth-order valence-electron chi connectivity index (χ4n) is 2.83. The molecule has 2 rings (SSSR count). The maximum Gasteiger partial charge on any atom is 0.191 e. The van der Waals surface area contributed by atoms with Gasteiger partial charge in [0.2, 0.25) is 0 Å².